The quantitative estimate of drug-likeness (QED) is 0.900. The number of aryl methyl sites for hydroxylation is 2. The highest BCUT2D eigenvalue weighted by atomic mass is 15.2. The highest BCUT2D eigenvalue weighted by Crippen LogP contribution is 2.39. The SMILES string of the molecule is CCNC1CC2CCCC(C1)N2c1cc(C)ccc1C. The Hall–Kier alpha value is -1.02. The van der Waals surface area contributed by atoms with Gasteiger partial charge in [0.2, 0.25) is 0 Å². The van der Waals surface area contributed by atoms with Crippen molar-refractivity contribution in [2.45, 2.75) is 71.0 Å². The summed E-state index contributed by atoms with van der Waals surface area (Å²) in [6.45, 7) is 7.81. The average molecular weight is 272 g/mol. The van der Waals surface area contributed by atoms with Crippen molar-refractivity contribution >= 4 is 5.69 Å². The Balaban J connectivity index is 1.88. The van der Waals surface area contributed by atoms with Gasteiger partial charge in [-0.05, 0) is 69.7 Å². The molecule has 2 nitrogen and oxygen atoms in total. The van der Waals surface area contributed by atoms with Crippen molar-refractivity contribution in [2.24, 2.45) is 0 Å². The second kappa shape index (κ2) is 5.77. The van der Waals surface area contributed by atoms with Crippen LogP contribution in [0.25, 0.3) is 0 Å². The summed E-state index contributed by atoms with van der Waals surface area (Å²) < 4.78 is 0. The van der Waals surface area contributed by atoms with E-state index in [1.807, 2.05) is 0 Å². The molecular weight excluding hydrogens is 244 g/mol. The molecule has 1 N–H and O–H groups in total. The number of nitrogens with zero attached hydrogens (tertiary/aromatic N) is 1. The van der Waals surface area contributed by atoms with Crippen LogP contribution in [0.5, 0.6) is 0 Å². The van der Waals surface area contributed by atoms with E-state index in [0.717, 1.165) is 24.7 Å². The van der Waals surface area contributed by atoms with Crippen LogP contribution >= 0.6 is 0 Å². The lowest BCUT2D eigenvalue weighted by atomic mass is 9.81. The molecule has 0 spiro atoms. The third kappa shape index (κ3) is 2.58. The molecule has 0 saturated carbocycles. The Kier molecular flexibility index (Phi) is 4.02. The second-order valence-corrected chi connectivity index (χ2v) is 6.66. The van der Waals surface area contributed by atoms with Crippen molar-refractivity contribution in [3.05, 3.63) is 29.3 Å². The second-order valence-electron chi connectivity index (χ2n) is 6.66. The van der Waals surface area contributed by atoms with Crippen LogP contribution in [0.1, 0.15) is 50.2 Å². The van der Waals surface area contributed by atoms with Gasteiger partial charge in [-0.1, -0.05) is 19.1 Å². The molecule has 110 valence electrons. The van der Waals surface area contributed by atoms with Gasteiger partial charge < -0.3 is 10.2 Å². The van der Waals surface area contributed by atoms with E-state index in [1.54, 1.807) is 0 Å². The standard InChI is InChI=1S/C18H28N2/c1-4-19-15-11-16-6-5-7-17(12-15)20(16)18-10-13(2)8-9-14(18)3/h8-10,15-17,19H,4-7,11-12H2,1-3H3. The van der Waals surface area contributed by atoms with E-state index in [1.165, 1.54) is 48.9 Å². The van der Waals surface area contributed by atoms with Gasteiger partial charge in [0.1, 0.15) is 0 Å². The van der Waals surface area contributed by atoms with Gasteiger partial charge in [-0.2, -0.15) is 0 Å². The maximum absolute atomic E-state index is 3.68. The van der Waals surface area contributed by atoms with Gasteiger partial charge in [0.05, 0.1) is 0 Å². The first-order valence-electron chi connectivity index (χ1n) is 8.28. The summed E-state index contributed by atoms with van der Waals surface area (Å²) in [6.07, 6.45) is 6.78. The summed E-state index contributed by atoms with van der Waals surface area (Å²) in [4.78, 5) is 2.76. The van der Waals surface area contributed by atoms with Crippen molar-refractivity contribution in [1.82, 2.24) is 5.32 Å². The molecule has 0 radical (unpaired) electrons. The molecule has 2 heteroatoms. The lowest BCUT2D eigenvalue weighted by Gasteiger charge is -2.51. The van der Waals surface area contributed by atoms with Crippen molar-refractivity contribution in [3.63, 3.8) is 0 Å². The van der Waals surface area contributed by atoms with Crippen LogP contribution < -0.4 is 10.2 Å². The van der Waals surface area contributed by atoms with Crippen LogP contribution in [0.2, 0.25) is 0 Å². The molecule has 0 aliphatic carbocycles. The fourth-order valence-corrected chi connectivity index (χ4v) is 4.23. The van der Waals surface area contributed by atoms with E-state index in [4.69, 9.17) is 0 Å². The Morgan fingerprint density at radius 3 is 2.50 bits per heavy atom. The number of nitrogens with one attached hydrogen (secondary N) is 1. The van der Waals surface area contributed by atoms with E-state index in [2.05, 4.69) is 49.2 Å². The van der Waals surface area contributed by atoms with Crippen LogP contribution in [0, 0.1) is 13.8 Å². The molecule has 2 aliphatic rings. The molecule has 1 aromatic carbocycles. The minimum Gasteiger partial charge on any atom is -0.365 e. The molecule has 0 amide bonds. The van der Waals surface area contributed by atoms with Gasteiger partial charge >= 0.3 is 0 Å². The molecule has 2 fully saturated rings. The highest BCUT2D eigenvalue weighted by Gasteiger charge is 2.38. The monoisotopic (exact) mass is 272 g/mol. The summed E-state index contributed by atoms with van der Waals surface area (Å²) in [5.74, 6) is 0. The average Bonchev–Trinajstić information content (AvgIpc) is 2.41. The molecule has 3 rings (SSSR count). The fourth-order valence-electron chi connectivity index (χ4n) is 4.23. The van der Waals surface area contributed by atoms with Crippen LogP contribution in [-0.2, 0) is 0 Å². The smallest absolute Gasteiger partial charge is 0.0403 e. The predicted octanol–water partition coefficient (Wildman–Crippen LogP) is 3.80. The number of benzene rings is 1. The van der Waals surface area contributed by atoms with Crippen molar-refractivity contribution in [2.75, 3.05) is 11.4 Å². The minimum absolute atomic E-state index is 0.733. The number of piperidine rings is 2. The van der Waals surface area contributed by atoms with Gasteiger partial charge in [0.15, 0.2) is 0 Å². The third-order valence-electron chi connectivity index (χ3n) is 5.11. The van der Waals surface area contributed by atoms with E-state index >= 15 is 0 Å². The summed E-state index contributed by atoms with van der Waals surface area (Å²) in [7, 11) is 0. The van der Waals surface area contributed by atoms with Crippen LogP contribution in [0.4, 0.5) is 5.69 Å². The lowest BCUT2D eigenvalue weighted by molar-refractivity contribution is 0.247. The van der Waals surface area contributed by atoms with E-state index in [-0.39, 0.29) is 0 Å². The molecule has 20 heavy (non-hydrogen) atoms. The van der Waals surface area contributed by atoms with Crippen LogP contribution in [0.15, 0.2) is 18.2 Å². The minimum atomic E-state index is 0.733. The van der Waals surface area contributed by atoms with E-state index in [9.17, 15) is 0 Å². The summed E-state index contributed by atoms with van der Waals surface area (Å²) in [5, 5.41) is 3.68. The van der Waals surface area contributed by atoms with Gasteiger partial charge in [-0.15, -0.1) is 0 Å². The molecule has 2 unspecified atom stereocenters. The zero-order valence-electron chi connectivity index (χ0n) is 13.2. The number of anilines is 1. The summed E-state index contributed by atoms with van der Waals surface area (Å²) in [5.41, 5.74) is 4.32. The van der Waals surface area contributed by atoms with Crippen LogP contribution in [0.3, 0.4) is 0 Å². The maximum Gasteiger partial charge on any atom is 0.0403 e. The van der Waals surface area contributed by atoms with Crippen molar-refractivity contribution < 1.29 is 0 Å². The van der Waals surface area contributed by atoms with Crippen molar-refractivity contribution in [3.8, 4) is 0 Å². The molecule has 2 heterocycles. The molecular formula is C18H28N2. The van der Waals surface area contributed by atoms with Gasteiger partial charge in [-0.25, -0.2) is 0 Å². The van der Waals surface area contributed by atoms with E-state index < -0.39 is 0 Å². The van der Waals surface area contributed by atoms with Gasteiger partial charge in [0.25, 0.3) is 0 Å². The number of fused-ring (bicyclic) bond motifs is 2. The predicted molar refractivity (Wildman–Crippen MR) is 86.5 cm³/mol. The van der Waals surface area contributed by atoms with Crippen LogP contribution in [-0.4, -0.2) is 24.7 Å². The zero-order valence-corrected chi connectivity index (χ0v) is 13.2. The largest absolute Gasteiger partial charge is 0.365 e. The first-order chi connectivity index (χ1) is 9.69. The molecule has 1 aromatic rings. The molecule has 2 saturated heterocycles. The lowest BCUT2D eigenvalue weighted by Crippen LogP contribution is -2.56. The normalized spacial score (nSPS) is 29.6. The summed E-state index contributed by atoms with van der Waals surface area (Å²) in [6, 6.07) is 9.14. The number of hydrogen-bond acceptors (Lipinski definition) is 2. The number of rotatable bonds is 3. The first kappa shape index (κ1) is 13.9. The van der Waals surface area contributed by atoms with Gasteiger partial charge in [0, 0.05) is 23.8 Å². The first-order valence-corrected chi connectivity index (χ1v) is 8.28. The molecule has 2 atom stereocenters. The fraction of sp³-hybridized carbons (Fsp3) is 0.667. The Labute approximate surface area is 123 Å². The van der Waals surface area contributed by atoms with E-state index in [0.29, 0.717) is 0 Å². The Morgan fingerprint density at radius 1 is 1.15 bits per heavy atom. The zero-order chi connectivity index (χ0) is 14.1. The molecule has 2 aliphatic heterocycles. The highest BCUT2D eigenvalue weighted by molar-refractivity contribution is 5.57. The van der Waals surface area contributed by atoms with Crippen molar-refractivity contribution in [1.29, 1.82) is 0 Å². The number of hydrogen-bond donors (Lipinski definition) is 1. The Bertz CT molecular complexity index is 454. The van der Waals surface area contributed by atoms with Gasteiger partial charge in [-0.3, -0.25) is 0 Å². The Morgan fingerprint density at radius 2 is 1.85 bits per heavy atom. The molecule has 2 bridgehead atoms. The summed E-state index contributed by atoms with van der Waals surface area (Å²) >= 11 is 0. The molecule has 0 aromatic heterocycles. The third-order valence-corrected chi connectivity index (χ3v) is 5.11. The topological polar surface area (TPSA) is 15.3 Å². The maximum atomic E-state index is 3.68.